The van der Waals surface area contributed by atoms with Crippen LogP contribution in [0.15, 0.2) is 12.3 Å². The van der Waals surface area contributed by atoms with Crippen LogP contribution in [0.25, 0.3) is 20.8 Å². The van der Waals surface area contributed by atoms with Gasteiger partial charge in [0.1, 0.15) is 16.3 Å². The molecule has 154 valence electrons. The van der Waals surface area contributed by atoms with Gasteiger partial charge in [0, 0.05) is 31.8 Å². The van der Waals surface area contributed by atoms with E-state index in [-0.39, 0.29) is 12.6 Å². The third kappa shape index (κ3) is 4.18. The number of hydrogen-bond donors (Lipinski definition) is 3. The molecule has 1 saturated carbocycles. The highest BCUT2D eigenvalue weighted by Crippen LogP contribution is 2.44. The quantitative estimate of drug-likeness (QED) is 0.481. The number of aryl methyl sites for hydroxylation is 1. The molecule has 0 bridgehead atoms. The van der Waals surface area contributed by atoms with E-state index in [1.165, 1.54) is 12.8 Å². The van der Waals surface area contributed by atoms with E-state index in [0.717, 1.165) is 57.3 Å². The second-order valence-electron chi connectivity index (χ2n) is 7.56. The van der Waals surface area contributed by atoms with Crippen LogP contribution < -0.4 is 10.6 Å². The Hall–Kier alpha value is -2.32. The molecule has 1 unspecified atom stereocenters. The Morgan fingerprint density at radius 1 is 1.28 bits per heavy atom. The SMILES string of the molecule is CCC(CCCO)Nc1nc(NC)nc(C)c1-c1nc2c(C3CC3)nccc2s1. The molecule has 0 amide bonds. The Bertz CT molecular complexity index is 1000. The van der Waals surface area contributed by atoms with Crippen LogP contribution in [0.1, 0.15) is 56.3 Å². The van der Waals surface area contributed by atoms with Gasteiger partial charge in [-0.1, -0.05) is 6.92 Å². The molecule has 1 atom stereocenters. The summed E-state index contributed by atoms with van der Waals surface area (Å²) >= 11 is 1.67. The van der Waals surface area contributed by atoms with Crippen LogP contribution >= 0.6 is 11.3 Å². The predicted octanol–water partition coefficient (Wildman–Crippen LogP) is 4.34. The Balaban J connectivity index is 1.78. The van der Waals surface area contributed by atoms with Crippen LogP contribution in [0, 0.1) is 6.92 Å². The topological polar surface area (TPSA) is 95.8 Å². The summed E-state index contributed by atoms with van der Waals surface area (Å²) in [6.07, 6.45) is 6.91. The van der Waals surface area contributed by atoms with Gasteiger partial charge in [-0.25, -0.2) is 9.97 Å². The number of rotatable bonds is 9. The number of nitrogens with zero attached hydrogens (tertiary/aromatic N) is 4. The third-order valence-corrected chi connectivity index (χ3v) is 6.41. The number of aliphatic hydroxyl groups excluding tert-OH is 1. The van der Waals surface area contributed by atoms with Gasteiger partial charge in [-0.15, -0.1) is 11.3 Å². The van der Waals surface area contributed by atoms with Gasteiger partial charge in [0.25, 0.3) is 0 Å². The first kappa shape index (κ1) is 20.0. The Kier molecular flexibility index (Phi) is 5.91. The summed E-state index contributed by atoms with van der Waals surface area (Å²) in [6, 6.07) is 2.28. The number of aliphatic hydroxyl groups is 1. The molecule has 1 fully saturated rings. The number of hydrogen-bond acceptors (Lipinski definition) is 8. The van der Waals surface area contributed by atoms with Gasteiger partial charge in [-0.3, -0.25) is 4.98 Å². The van der Waals surface area contributed by atoms with Crippen molar-refractivity contribution in [2.75, 3.05) is 24.3 Å². The first-order valence-corrected chi connectivity index (χ1v) is 11.2. The average molecular weight is 413 g/mol. The van der Waals surface area contributed by atoms with Crippen molar-refractivity contribution in [2.45, 2.75) is 57.9 Å². The first-order valence-electron chi connectivity index (χ1n) is 10.3. The molecule has 0 aromatic carbocycles. The van der Waals surface area contributed by atoms with Gasteiger partial charge in [-0.2, -0.15) is 4.98 Å². The molecule has 29 heavy (non-hydrogen) atoms. The van der Waals surface area contributed by atoms with Gasteiger partial charge >= 0.3 is 0 Å². The fraction of sp³-hybridized carbons (Fsp3) is 0.524. The molecule has 0 saturated heterocycles. The molecule has 4 rings (SSSR count). The van der Waals surface area contributed by atoms with Crippen LogP contribution in [0.4, 0.5) is 11.8 Å². The molecule has 3 N–H and O–H groups in total. The molecule has 3 aromatic rings. The lowest BCUT2D eigenvalue weighted by Gasteiger charge is -2.20. The lowest BCUT2D eigenvalue weighted by molar-refractivity contribution is 0.280. The van der Waals surface area contributed by atoms with E-state index < -0.39 is 0 Å². The molecule has 8 heteroatoms. The van der Waals surface area contributed by atoms with Crippen molar-refractivity contribution in [1.29, 1.82) is 0 Å². The summed E-state index contributed by atoms with van der Waals surface area (Å²) in [4.78, 5) is 18.9. The number of aromatic nitrogens is 4. The minimum atomic E-state index is 0.199. The highest BCUT2D eigenvalue weighted by atomic mass is 32.1. The standard InChI is InChI=1S/C21H28N6OS/c1-4-14(6-5-11-28)25-19-16(12(2)24-21(22-3)27-19)20-26-18-15(29-20)9-10-23-17(18)13-7-8-13/h9-10,13-14,28H,4-8,11H2,1-3H3,(H2,22,24,25,27). The minimum absolute atomic E-state index is 0.199. The summed E-state index contributed by atoms with van der Waals surface area (Å²) in [5.41, 5.74) is 3.99. The van der Waals surface area contributed by atoms with Gasteiger partial charge in [0.15, 0.2) is 0 Å². The fourth-order valence-corrected chi connectivity index (χ4v) is 4.66. The summed E-state index contributed by atoms with van der Waals surface area (Å²) in [7, 11) is 1.83. The summed E-state index contributed by atoms with van der Waals surface area (Å²) in [5, 5.41) is 16.8. The number of fused-ring (bicyclic) bond motifs is 1. The van der Waals surface area contributed by atoms with Crippen molar-refractivity contribution in [3.05, 3.63) is 23.7 Å². The smallest absolute Gasteiger partial charge is 0.224 e. The minimum Gasteiger partial charge on any atom is -0.396 e. The molecule has 7 nitrogen and oxygen atoms in total. The lowest BCUT2D eigenvalue weighted by atomic mass is 10.1. The Morgan fingerprint density at radius 2 is 2.10 bits per heavy atom. The van der Waals surface area contributed by atoms with Crippen LogP contribution in [-0.4, -0.2) is 44.7 Å². The van der Waals surface area contributed by atoms with Crippen LogP contribution in [0.5, 0.6) is 0 Å². The zero-order valence-electron chi connectivity index (χ0n) is 17.2. The molecular formula is C21H28N6OS. The molecule has 3 aromatic heterocycles. The summed E-state index contributed by atoms with van der Waals surface area (Å²) in [5.74, 6) is 1.94. The number of nitrogens with one attached hydrogen (secondary N) is 2. The van der Waals surface area contributed by atoms with E-state index in [4.69, 9.17) is 9.97 Å². The average Bonchev–Trinajstić information content (AvgIpc) is 3.48. The van der Waals surface area contributed by atoms with Gasteiger partial charge in [-0.05, 0) is 45.1 Å². The van der Waals surface area contributed by atoms with Crippen molar-refractivity contribution in [2.24, 2.45) is 0 Å². The van der Waals surface area contributed by atoms with Crippen molar-refractivity contribution >= 4 is 33.3 Å². The second kappa shape index (κ2) is 8.59. The zero-order chi connectivity index (χ0) is 20.4. The molecule has 0 radical (unpaired) electrons. The van der Waals surface area contributed by atoms with Gasteiger partial charge in [0.2, 0.25) is 5.95 Å². The van der Waals surface area contributed by atoms with E-state index >= 15 is 0 Å². The van der Waals surface area contributed by atoms with E-state index in [1.54, 1.807) is 11.3 Å². The highest BCUT2D eigenvalue weighted by Gasteiger charge is 2.29. The van der Waals surface area contributed by atoms with Crippen LogP contribution in [0.2, 0.25) is 0 Å². The molecule has 3 heterocycles. The maximum Gasteiger partial charge on any atom is 0.224 e. The van der Waals surface area contributed by atoms with Crippen LogP contribution in [-0.2, 0) is 0 Å². The lowest BCUT2D eigenvalue weighted by Crippen LogP contribution is -2.21. The zero-order valence-corrected chi connectivity index (χ0v) is 18.0. The van der Waals surface area contributed by atoms with E-state index in [2.05, 4.69) is 27.5 Å². The molecule has 1 aliphatic rings. The predicted molar refractivity (Wildman–Crippen MR) is 119 cm³/mol. The second-order valence-corrected chi connectivity index (χ2v) is 8.59. The van der Waals surface area contributed by atoms with Gasteiger partial charge < -0.3 is 15.7 Å². The monoisotopic (exact) mass is 412 g/mol. The van der Waals surface area contributed by atoms with Crippen molar-refractivity contribution < 1.29 is 5.11 Å². The van der Waals surface area contributed by atoms with Crippen LogP contribution in [0.3, 0.4) is 0 Å². The third-order valence-electron chi connectivity index (χ3n) is 5.37. The number of pyridine rings is 1. The largest absolute Gasteiger partial charge is 0.396 e. The molecule has 0 aliphatic heterocycles. The van der Waals surface area contributed by atoms with E-state index in [1.807, 2.05) is 26.2 Å². The Labute approximate surface area is 175 Å². The molecular weight excluding hydrogens is 384 g/mol. The summed E-state index contributed by atoms with van der Waals surface area (Å²) < 4.78 is 1.16. The maximum absolute atomic E-state index is 9.21. The van der Waals surface area contributed by atoms with Crippen molar-refractivity contribution in [1.82, 2.24) is 19.9 Å². The first-order chi connectivity index (χ1) is 14.1. The molecule has 1 aliphatic carbocycles. The van der Waals surface area contributed by atoms with Gasteiger partial charge in [0.05, 0.1) is 21.7 Å². The molecule has 0 spiro atoms. The highest BCUT2D eigenvalue weighted by molar-refractivity contribution is 7.21. The Morgan fingerprint density at radius 3 is 2.79 bits per heavy atom. The van der Waals surface area contributed by atoms with E-state index in [0.29, 0.717) is 11.9 Å². The maximum atomic E-state index is 9.21. The number of thiazole rings is 1. The van der Waals surface area contributed by atoms with E-state index in [9.17, 15) is 5.11 Å². The number of anilines is 2. The summed E-state index contributed by atoms with van der Waals surface area (Å²) in [6.45, 7) is 4.35. The fourth-order valence-electron chi connectivity index (χ4n) is 3.59. The van der Waals surface area contributed by atoms with Crippen molar-refractivity contribution in [3.8, 4) is 10.6 Å². The normalized spacial score (nSPS) is 14.9. The van der Waals surface area contributed by atoms with Crippen molar-refractivity contribution in [3.63, 3.8) is 0 Å².